The lowest BCUT2D eigenvalue weighted by Crippen LogP contribution is -2.42. The van der Waals surface area contributed by atoms with E-state index >= 15 is 0 Å². The highest BCUT2D eigenvalue weighted by Crippen LogP contribution is 2.37. The van der Waals surface area contributed by atoms with Crippen molar-refractivity contribution in [3.8, 4) is 0 Å². The van der Waals surface area contributed by atoms with E-state index in [-0.39, 0.29) is 5.82 Å². The third-order valence-corrected chi connectivity index (χ3v) is 3.12. The van der Waals surface area contributed by atoms with Crippen molar-refractivity contribution in [1.29, 1.82) is 0 Å². The van der Waals surface area contributed by atoms with Gasteiger partial charge in [0.15, 0.2) is 18.2 Å². The number of ether oxygens (including phenoxy) is 1. The summed E-state index contributed by atoms with van der Waals surface area (Å²) in [5.74, 6) is -0.0971. The second-order valence-corrected chi connectivity index (χ2v) is 4.48. The summed E-state index contributed by atoms with van der Waals surface area (Å²) in [4.78, 5) is 15.1. The summed E-state index contributed by atoms with van der Waals surface area (Å²) in [5, 5.41) is 27.4. The number of nitrogens with zero attached hydrogens (tertiary/aromatic N) is 2. The fourth-order valence-electron chi connectivity index (χ4n) is 1.91. The maximum Gasteiger partial charge on any atom is 0.351 e. The van der Waals surface area contributed by atoms with Crippen LogP contribution in [-0.2, 0) is 4.74 Å². The van der Waals surface area contributed by atoms with Gasteiger partial charge in [-0.15, -0.1) is 0 Å². The van der Waals surface area contributed by atoms with Crippen molar-refractivity contribution < 1.29 is 24.5 Å². The minimum absolute atomic E-state index is 0.0971. The molecular weight excluding hydrogens is 261 g/mol. The minimum atomic E-state index is -1.88. The van der Waals surface area contributed by atoms with Crippen molar-refractivity contribution in [3.05, 3.63) is 22.7 Å². The minimum Gasteiger partial charge on any atom is -0.393 e. The van der Waals surface area contributed by atoms with Crippen molar-refractivity contribution in [3.63, 3.8) is 0 Å². The van der Waals surface area contributed by atoms with Gasteiger partial charge in [0.2, 0.25) is 0 Å². The Morgan fingerprint density at radius 1 is 1.68 bits per heavy atom. The lowest BCUT2D eigenvalue weighted by molar-refractivity contribution is -0.117. The van der Waals surface area contributed by atoms with E-state index in [1.807, 2.05) is 0 Å². The Bertz CT molecular complexity index is 524. The van der Waals surface area contributed by atoms with Crippen molar-refractivity contribution in [2.75, 3.05) is 12.1 Å². The molecule has 1 aliphatic heterocycles. The Kier molecular flexibility index (Phi) is 3.54. The van der Waals surface area contributed by atoms with E-state index in [9.17, 15) is 14.3 Å². The molecule has 8 nitrogen and oxygen atoms in total. The van der Waals surface area contributed by atoms with Crippen LogP contribution in [0.3, 0.4) is 0 Å². The van der Waals surface area contributed by atoms with Crippen LogP contribution in [0.25, 0.3) is 0 Å². The quantitative estimate of drug-likeness (QED) is 0.524. The summed E-state index contributed by atoms with van der Waals surface area (Å²) in [6.07, 6.45) is -3.67. The van der Waals surface area contributed by atoms with Crippen molar-refractivity contribution >= 4 is 5.82 Å². The monoisotopic (exact) mass is 275 g/mol. The molecule has 1 fully saturated rings. The molecule has 4 N–H and O–H groups in total. The van der Waals surface area contributed by atoms with Gasteiger partial charge in [0, 0.05) is 6.20 Å². The predicted molar refractivity (Wildman–Crippen MR) is 60.4 cm³/mol. The Morgan fingerprint density at radius 2 is 2.37 bits per heavy atom. The number of anilines is 1. The van der Waals surface area contributed by atoms with Gasteiger partial charge < -0.3 is 14.9 Å². The lowest BCUT2D eigenvalue weighted by Gasteiger charge is -2.24. The standard InChI is InChI=1S/C10H14FN3O5/c1-10(4-15)7(16)6(11)8(19-10)14-3-2-5(13-18)12-9(14)17/h2-3,6-8,15-16,18H,4H2,1H3,(H,12,13,17). The molecule has 1 aromatic rings. The number of halogens is 1. The van der Waals surface area contributed by atoms with E-state index in [4.69, 9.17) is 15.1 Å². The van der Waals surface area contributed by atoms with E-state index in [1.54, 1.807) is 5.48 Å². The van der Waals surface area contributed by atoms with Gasteiger partial charge in [-0.05, 0) is 13.0 Å². The van der Waals surface area contributed by atoms with E-state index in [0.29, 0.717) is 0 Å². The summed E-state index contributed by atoms with van der Waals surface area (Å²) in [7, 11) is 0. The smallest absolute Gasteiger partial charge is 0.351 e. The maximum atomic E-state index is 14.0. The van der Waals surface area contributed by atoms with E-state index in [1.165, 1.54) is 19.2 Å². The first-order valence-electron chi connectivity index (χ1n) is 5.53. The van der Waals surface area contributed by atoms with Crippen LogP contribution in [0.2, 0.25) is 0 Å². The predicted octanol–water partition coefficient (Wildman–Crippen LogP) is -0.977. The zero-order chi connectivity index (χ0) is 14.2. The fourth-order valence-corrected chi connectivity index (χ4v) is 1.91. The molecule has 0 saturated carbocycles. The molecule has 4 unspecified atom stereocenters. The Morgan fingerprint density at radius 3 is 2.84 bits per heavy atom. The molecule has 9 heteroatoms. The molecule has 106 valence electrons. The topological polar surface area (TPSA) is 117 Å². The molecule has 0 aromatic carbocycles. The second kappa shape index (κ2) is 4.85. The van der Waals surface area contributed by atoms with Gasteiger partial charge in [0.05, 0.1) is 6.61 Å². The molecule has 1 aromatic heterocycles. The summed E-state index contributed by atoms with van der Waals surface area (Å²) in [6, 6.07) is 1.23. The number of aliphatic hydroxyl groups is 2. The number of nitrogens with one attached hydrogen (secondary N) is 1. The zero-order valence-electron chi connectivity index (χ0n) is 10.0. The van der Waals surface area contributed by atoms with Crippen LogP contribution in [-0.4, -0.2) is 49.5 Å². The summed E-state index contributed by atoms with van der Waals surface area (Å²) in [5.41, 5.74) is -0.664. The highest BCUT2D eigenvalue weighted by atomic mass is 19.1. The van der Waals surface area contributed by atoms with Crippen molar-refractivity contribution in [2.45, 2.75) is 31.0 Å². The Labute approximate surface area is 107 Å². The number of aromatic nitrogens is 2. The first-order chi connectivity index (χ1) is 8.92. The van der Waals surface area contributed by atoms with Gasteiger partial charge >= 0.3 is 5.69 Å². The maximum absolute atomic E-state index is 14.0. The van der Waals surface area contributed by atoms with Gasteiger partial charge in [-0.3, -0.25) is 15.3 Å². The molecular formula is C10H14FN3O5. The normalized spacial score (nSPS) is 34.5. The van der Waals surface area contributed by atoms with Crippen molar-refractivity contribution in [2.24, 2.45) is 0 Å². The number of hydrogen-bond donors (Lipinski definition) is 4. The summed E-state index contributed by atoms with van der Waals surface area (Å²) in [6.45, 7) is 0.746. The third-order valence-electron chi connectivity index (χ3n) is 3.12. The first kappa shape index (κ1) is 13.9. The third kappa shape index (κ3) is 2.21. The van der Waals surface area contributed by atoms with E-state index in [0.717, 1.165) is 4.57 Å². The number of alkyl halides is 1. The highest BCUT2D eigenvalue weighted by molar-refractivity contribution is 5.28. The molecule has 0 amide bonds. The molecule has 1 saturated heterocycles. The van der Waals surface area contributed by atoms with E-state index < -0.39 is 36.4 Å². The average Bonchev–Trinajstić information content (AvgIpc) is 2.64. The van der Waals surface area contributed by atoms with Crippen LogP contribution in [0.5, 0.6) is 0 Å². The van der Waals surface area contributed by atoms with Gasteiger partial charge in [-0.25, -0.2) is 9.18 Å². The number of rotatable bonds is 3. The molecule has 2 heterocycles. The SMILES string of the molecule is CC1(CO)OC(n2ccc(NO)nc2=O)C(F)C1O. The largest absolute Gasteiger partial charge is 0.393 e. The van der Waals surface area contributed by atoms with Gasteiger partial charge in [-0.2, -0.15) is 4.98 Å². The molecule has 0 aliphatic carbocycles. The molecule has 1 aliphatic rings. The van der Waals surface area contributed by atoms with Crippen LogP contribution in [0.15, 0.2) is 17.1 Å². The van der Waals surface area contributed by atoms with Crippen LogP contribution >= 0.6 is 0 Å². The summed E-state index contributed by atoms with van der Waals surface area (Å²) >= 11 is 0. The van der Waals surface area contributed by atoms with Gasteiger partial charge in [0.25, 0.3) is 0 Å². The Hall–Kier alpha value is -1.55. The average molecular weight is 275 g/mol. The zero-order valence-corrected chi connectivity index (χ0v) is 10.0. The van der Waals surface area contributed by atoms with Crippen LogP contribution in [0.4, 0.5) is 10.2 Å². The highest BCUT2D eigenvalue weighted by Gasteiger charge is 2.53. The summed E-state index contributed by atoms with van der Waals surface area (Å²) < 4.78 is 20.0. The lowest BCUT2D eigenvalue weighted by atomic mass is 9.99. The molecule has 0 spiro atoms. The van der Waals surface area contributed by atoms with Crippen LogP contribution < -0.4 is 11.2 Å². The van der Waals surface area contributed by atoms with Crippen molar-refractivity contribution in [1.82, 2.24) is 9.55 Å². The first-order valence-corrected chi connectivity index (χ1v) is 5.53. The van der Waals surface area contributed by atoms with Crippen LogP contribution in [0.1, 0.15) is 13.2 Å². The van der Waals surface area contributed by atoms with Gasteiger partial charge in [0.1, 0.15) is 11.7 Å². The second-order valence-electron chi connectivity index (χ2n) is 4.48. The van der Waals surface area contributed by atoms with Gasteiger partial charge in [-0.1, -0.05) is 0 Å². The Balaban J connectivity index is 2.36. The molecule has 2 rings (SSSR count). The molecule has 4 atom stereocenters. The molecule has 0 radical (unpaired) electrons. The van der Waals surface area contributed by atoms with Crippen LogP contribution in [0, 0.1) is 0 Å². The molecule has 19 heavy (non-hydrogen) atoms. The fraction of sp³-hybridized carbons (Fsp3) is 0.600. The van der Waals surface area contributed by atoms with E-state index in [2.05, 4.69) is 4.98 Å². The number of hydrogen-bond acceptors (Lipinski definition) is 7. The number of aliphatic hydroxyl groups excluding tert-OH is 2. The molecule has 0 bridgehead atoms.